The van der Waals surface area contributed by atoms with Crippen molar-refractivity contribution >= 4 is 47.2 Å². The topological polar surface area (TPSA) is 76.1 Å². The Kier molecular flexibility index (Phi) is 34.5. The third kappa shape index (κ3) is 30.1. The standard InChI is InChI=1S/C45H85NO5S3/c1-2-3-27-45(49)51-43(26-16-15-25-41-21-11-8-12-22-41)40-54-35-20-10-18-31-46(32-36-52-38-39-53-37-33-47)30-17-6-4-5-7-19-34-50-44(48)29-28-42-23-13-9-14-24-42/h41-43,47H,2-40H2,1H3. The van der Waals surface area contributed by atoms with Crippen LogP contribution in [0.3, 0.4) is 0 Å². The molecule has 2 fully saturated rings. The highest BCUT2D eigenvalue weighted by Gasteiger charge is 2.17. The van der Waals surface area contributed by atoms with E-state index in [1.54, 1.807) is 0 Å². The molecule has 0 bridgehead atoms. The maximum atomic E-state index is 12.5. The fourth-order valence-electron chi connectivity index (χ4n) is 8.07. The van der Waals surface area contributed by atoms with E-state index in [1.807, 2.05) is 23.5 Å². The van der Waals surface area contributed by atoms with Crippen LogP contribution in [0.4, 0.5) is 0 Å². The first kappa shape index (κ1) is 50.1. The Morgan fingerprint density at radius 2 is 1.24 bits per heavy atom. The predicted molar refractivity (Wildman–Crippen MR) is 238 cm³/mol. The van der Waals surface area contributed by atoms with E-state index in [9.17, 15) is 9.59 Å². The van der Waals surface area contributed by atoms with Crippen LogP contribution in [0.25, 0.3) is 0 Å². The van der Waals surface area contributed by atoms with E-state index in [2.05, 4.69) is 23.6 Å². The van der Waals surface area contributed by atoms with Crippen LogP contribution in [-0.4, -0.2) is 95.4 Å². The lowest BCUT2D eigenvalue weighted by atomic mass is 9.85. The molecule has 0 spiro atoms. The molecule has 1 N–H and O–H groups in total. The minimum absolute atomic E-state index is 0.00889. The van der Waals surface area contributed by atoms with Crippen LogP contribution >= 0.6 is 35.3 Å². The lowest BCUT2D eigenvalue weighted by Gasteiger charge is -2.22. The molecular weight excluding hydrogens is 731 g/mol. The van der Waals surface area contributed by atoms with Crippen LogP contribution in [0.2, 0.25) is 0 Å². The number of nitrogens with zero attached hydrogens (tertiary/aromatic N) is 1. The molecular formula is C45H85NO5S3. The summed E-state index contributed by atoms with van der Waals surface area (Å²) in [5.74, 6) is 8.16. The van der Waals surface area contributed by atoms with Gasteiger partial charge >= 0.3 is 11.9 Å². The molecule has 54 heavy (non-hydrogen) atoms. The number of ether oxygens (including phenoxy) is 2. The van der Waals surface area contributed by atoms with Crippen LogP contribution < -0.4 is 0 Å². The first-order valence-electron chi connectivity index (χ1n) is 23.0. The van der Waals surface area contributed by atoms with Gasteiger partial charge in [-0.15, -0.1) is 0 Å². The van der Waals surface area contributed by atoms with Gasteiger partial charge in [0.15, 0.2) is 0 Å². The normalized spacial score (nSPS) is 16.2. The van der Waals surface area contributed by atoms with Crippen LogP contribution in [0.5, 0.6) is 0 Å². The van der Waals surface area contributed by atoms with E-state index >= 15 is 0 Å². The fraction of sp³-hybridized carbons (Fsp3) is 0.956. The van der Waals surface area contributed by atoms with Crippen LogP contribution in [0, 0.1) is 11.8 Å². The molecule has 0 amide bonds. The summed E-state index contributed by atoms with van der Waals surface area (Å²) < 4.78 is 11.5. The number of aliphatic hydroxyl groups excluding tert-OH is 1. The number of aliphatic hydroxyl groups is 1. The summed E-state index contributed by atoms with van der Waals surface area (Å²) in [6.07, 6.45) is 33.9. The van der Waals surface area contributed by atoms with Crippen LogP contribution in [-0.2, 0) is 19.1 Å². The van der Waals surface area contributed by atoms with E-state index in [1.165, 1.54) is 160 Å². The summed E-state index contributed by atoms with van der Waals surface area (Å²) in [7, 11) is 0. The third-order valence-electron chi connectivity index (χ3n) is 11.5. The van der Waals surface area contributed by atoms with Gasteiger partial charge in [-0.2, -0.15) is 35.3 Å². The molecule has 2 aliphatic rings. The van der Waals surface area contributed by atoms with Gasteiger partial charge in [0.1, 0.15) is 6.10 Å². The van der Waals surface area contributed by atoms with E-state index < -0.39 is 0 Å². The number of hydrogen-bond acceptors (Lipinski definition) is 9. The molecule has 2 rings (SSSR count). The molecule has 0 heterocycles. The molecule has 2 saturated carbocycles. The van der Waals surface area contributed by atoms with Crippen molar-refractivity contribution in [1.29, 1.82) is 0 Å². The zero-order valence-electron chi connectivity index (χ0n) is 35.1. The molecule has 0 radical (unpaired) electrons. The zero-order valence-corrected chi connectivity index (χ0v) is 37.5. The van der Waals surface area contributed by atoms with E-state index in [4.69, 9.17) is 14.6 Å². The maximum absolute atomic E-state index is 12.5. The Hall–Kier alpha value is -0.0900. The smallest absolute Gasteiger partial charge is 0.306 e. The van der Waals surface area contributed by atoms with Crippen molar-refractivity contribution in [2.24, 2.45) is 11.8 Å². The molecule has 0 aliphatic heterocycles. The van der Waals surface area contributed by atoms with Gasteiger partial charge in [-0.3, -0.25) is 9.59 Å². The van der Waals surface area contributed by atoms with E-state index in [0.29, 0.717) is 19.4 Å². The second-order valence-corrected chi connectivity index (χ2v) is 19.9. The number of esters is 2. The molecule has 318 valence electrons. The van der Waals surface area contributed by atoms with Crippen molar-refractivity contribution in [1.82, 2.24) is 4.90 Å². The van der Waals surface area contributed by atoms with Gasteiger partial charge in [-0.05, 0) is 82.0 Å². The number of hydrogen-bond donors (Lipinski definition) is 1. The lowest BCUT2D eigenvalue weighted by molar-refractivity contribution is -0.148. The molecule has 6 nitrogen and oxygen atoms in total. The average molecular weight is 816 g/mol. The summed E-state index contributed by atoms with van der Waals surface area (Å²) in [5.41, 5.74) is 0. The molecule has 0 aromatic rings. The Morgan fingerprint density at radius 1 is 0.611 bits per heavy atom. The van der Waals surface area contributed by atoms with Crippen molar-refractivity contribution in [3.8, 4) is 0 Å². The second-order valence-electron chi connectivity index (χ2n) is 16.3. The van der Waals surface area contributed by atoms with Crippen molar-refractivity contribution in [3.05, 3.63) is 0 Å². The maximum Gasteiger partial charge on any atom is 0.306 e. The molecule has 0 aromatic heterocycles. The number of carbonyl (C=O) groups excluding carboxylic acids is 2. The predicted octanol–water partition coefficient (Wildman–Crippen LogP) is 12.1. The third-order valence-corrected chi connectivity index (χ3v) is 14.9. The van der Waals surface area contributed by atoms with Crippen molar-refractivity contribution in [2.45, 2.75) is 193 Å². The lowest BCUT2D eigenvalue weighted by Crippen LogP contribution is -2.28. The van der Waals surface area contributed by atoms with Gasteiger partial charge in [0.25, 0.3) is 0 Å². The second kappa shape index (κ2) is 37.2. The molecule has 0 saturated heterocycles. The highest BCUT2D eigenvalue weighted by Crippen LogP contribution is 2.29. The molecule has 1 atom stereocenters. The monoisotopic (exact) mass is 816 g/mol. The largest absolute Gasteiger partial charge is 0.466 e. The number of rotatable bonds is 37. The number of unbranched alkanes of at least 4 members (excludes halogenated alkanes) is 9. The van der Waals surface area contributed by atoms with Crippen molar-refractivity contribution in [3.63, 3.8) is 0 Å². The Labute approximate surface area is 346 Å². The highest BCUT2D eigenvalue weighted by molar-refractivity contribution is 8.02. The SMILES string of the molecule is CCCCC(=O)OC(CCCCC1CCCCC1)CSCCCCCN(CCCCCCCCOC(=O)CCC1CCCCC1)CCSCCSCCO. The van der Waals surface area contributed by atoms with Crippen molar-refractivity contribution < 1.29 is 24.2 Å². The summed E-state index contributed by atoms with van der Waals surface area (Å²) in [6.45, 7) is 6.57. The number of thioether (sulfide) groups is 3. The molecule has 2 aliphatic carbocycles. The minimum Gasteiger partial charge on any atom is -0.466 e. The zero-order chi connectivity index (χ0) is 38.6. The quantitative estimate of drug-likeness (QED) is 0.0487. The first-order chi connectivity index (χ1) is 26.6. The summed E-state index contributed by atoms with van der Waals surface area (Å²) in [6, 6.07) is 0. The molecule has 9 heteroatoms. The Morgan fingerprint density at radius 3 is 1.93 bits per heavy atom. The van der Waals surface area contributed by atoms with E-state index in [0.717, 1.165) is 73.4 Å². The number of carbonyl (C=O) groups is 2. The Balaban J connectivity index is 1.57. The highest BCUT2D eigenvalue weighted by atomic mass is 32.2. The van der Waals surface area contributed by atoms with E-state index in [-0.39, 0.29) is 24.6 Å². The molecule has 0 aromatic carbocycles. The van der Waals surface area contributed by atoms with Gasteiger partial charge in [-0.1, -0.05) is 122 Å². The van der Waals surface area contributed by atoms with Crippen LogP contribution in [0.15, 0.2) is 0 Å². The summed E-state index contributed by atoms with van der Waals surface area (Å²) >= 11 is 5.90. The summed E-state index contributed by atoms with van der Waals surface area (Å²) in [5, 5.41) is 9.03. The fourth-order valence-corrected chi connectivity index (χ4v) is 11.0. The van der Waals surface area contributed by atoms with Crippen LogP contribution in [0.1, 0.15) is 187 Å². The van der Waals surface area contributed by atoms with Gasteiger partial charge in [-0.25, -0.2) is 0 Å². The summed E-state index contributed by atoms with van der Waals surface area (Å²) in [4.78, 5) is 27.3. The molecule has 1 unspecified atom stereocenters. The van der Waals surface area contributed by atoms with Gasteiger partial charge in [0, 0.05) is 48.2 Å². The Bertz CT molecular complexity index is 855. The van der Waals surface area contributed by atoms with Gasteiger partial charge in [0.2, 0.25) is 0 Å². The van der Waals surface area contributed by atoms with Crippen molar-refractivity contribution in [2.75, 3.05) is 67.4 Å². The average Bonchev–Trinajstić information content (AvgIpc) is 3.19. The first-order valence-corrected chi connectivity index (χ1v) is 26.5. The van der Waals surface area contributed by atoms with Gasteiger partial charge in [0.05, 0.1) is 13.2 Å². The van der Waals surface area contributed by atoms with Gasteiger partial charge < -0.3 is 19.5 Å². The minimum atomic E-state index is 0.00889.